The number of rotatable bonds is 0. The van der Waals surface area contributed by atoms with Crippen LogP contribution in [0.1, 0.15) is 19.3 Å². The molecule has 0 radical (unpaired) electrons. The molecule has 4 fully saturated rings. The van der Waals surface area contributed by atoms with E-state index in [-0.39, 0.29) is 0 Å². The monoisotopic (exact) mass is 197 g/mol. The van der Waals surface area contributed by atoms with Crippen molar-refractivity contribution in [1.82, 2.24) is 4.90 Å². The molecule has 2 bridgehead atoms. The highest BCUT2D eigenvalue weighted by molar-refractivity contribution is 6.31. The predicted molar refractivity (Wildman–Crippen MR) is 43.8 cm³/mol. The minimum atomic E-state index is -1.03. The van der Waals surface area contributed by atoms with Gasteiger partial charge in [-0.05, 0) is 18.8 Å². The van der Waals surface area contributed by atoms with E-state index in [1.54, 1.807) is 0 Å². The summed E-state index contributed by atoms with van der Waals surface area (Å²) in [7, 11) is 0. The van der Waals surface area contributed by atoms with Gasteiger partial charge in [-0.25, -0.2) is 14.5 Å². The molecule has 5 nitrogen and oxygen atoms in total. The van der Waals surface area contributed by atoms with Crippen LogP contribution in [0.3, 0.4) is 0 Å². The molecule has 0 aromatic carbocycles. The Morgan fingerprint density at radius 1 is 1.14 bits per heavy atom. The summed E-state index contributed by atoms with van der Waals surface area (Å²) in [5.74, 6) is -2.20. The number of hydrogen-bond donors (Lipinski definition) is 0. The molecule has 4 saturated heterocycles. The maximum absolute atomic E-state index is 11.0. The fourth-order valence-corrected chi connectivity index (χ4v) is 2.58. The van der Waals surface area contributed by atoms with Crippen molar-refractivity contribution in [2.75, 3.05) is 13.1 Å². The van der Waals surface area contributed by atoms with Gasteiger partial charge in [0.2, 0.25) is 0 Å². The van der Waals surface area contributed by atoms with Gasteiger partial charge in [0, 0.05) is 19.5 Å². The predicted octanol–water partition coefficient (Wildman–Crippen LogP) is -0.144. The van der Waals surface area contributed by atoms with Crippen LogP contribution in [0.4, 0.5) is 0 Å². The molecule has 4 rings (SSSR count). The molecule has 0 N–H and O–H groups in total. The molecule has 0 atom stereocenters. The SMILES string of the molecule is O=C1OC2(CC3CCN2CC3)OC1=O. The van der Waals surface area contributed by atoms with Crippen molar-refractivity contribution >= 4 is 11.9 Å². The first-order valence-corrected chi connectivity index (χ1v) is 4.91. The molecule has 1 spiro atoms. The fraction of sp³-hybridized carbons (Fsp3) is 0.778. The molecule has 76 valence electrons. The second-order valence-corrected chi connectivity index (χ2v) is 4.13. The van der Waals surface area contributed by atoms with Crippen LogP contribution in [-0.4, -0.2) is 35.8 Å². The quantitative estimate of drug-likeness (QED) is 0.399. The summed E-state index contributed by atoms with van der Waals surface area (Å²) >= 11 is 0. The van der Waals surface area contributed by atoms with Crippen molar-refractivity contribution in [3.63, 3.8) is 0 Å². The molecule has 4 aliphatic rings. The van der Waals surface area contributed by atoms with E-state index >= 15 is 0 Å². The first kappa shape index (κ1) is 8.23. The van der Waals surface area contributed by atoms with Crippen LogP contribution >= 0.6 is 0 Å². The molecule has 5 heteroatoms. The molecule has 4 heterocycles. The van der Waals surface area contributed by atoms with Crippen molar-refractivity contribution in [3.8, 4) is 0 Å². The van der Waals surface area contributed by atoms with Crippen molar-refractivity contribution in [3.05, 3.63) is 0 Å². The van der Waals surface area contributed by atoms with E-state index in [0.29, 0.717) is 12.3 Å². The van der Waals surface area contributed by atoms with E-state index < -0.39 is 17.8 Å². The molecular formula is C9H11NO4. The number of carbonyl (C=O) groups excluding carboxylic acids is 2. The third-order valence-corrected chi connectivity index (χ3v) is 3.31. The Kier molecular flexibility index (Phi) is 1.45. The average molecular weight is 197 g/mol. The van der Waals surface area contributed by atoms with Crippen molar-refractivity contribution < 1.29 is 19.1 Å². The summed E-state index contributed by atoms with van der Waals surface area (Å²) < 4.78 is 10.1. The summed E-state index contributed by atoms with van der Waals surface area (Å²) in [4.78, 5) is 24.0. The number of nitrogens with zero attached hydrogens (tertiary/aromatic N) is 1. The van der Waals surface area contributed by atoms with E-state index in [1.807, 2.05) is 4.90 Å². The van der Waals surface area contributed by atoms with Gasteiger partial charge in [0.15, 0.2) is 0 Å². The van der Waals surface area contributed by atoms with Crippen LogP contribution in [0.2, 0.25) is 0 Å². The number of piperidine rings is 3. The number of carbonyl (C=O) groups is 2. The minimum Gasteiger partial charge on any atom is -0.400 e. The Labute approximate surface area is 81.0 Å². The summed E-state index contributed by atoms with van der Waals surface area (Å²) in [5, 5.41) is 0. The highest BCUT2D eigenvalue weighted by Gasteiger charge is 2.57. The first-order valence-electron chi connectivity index (χ1n) is 4.91. The Morgan fingerprint density at radius 3 is 2.14 bits per heavy atom. The fourth-order valence-electron chi connectivity index (χ4n) is 2.58. The molecule has 0 amide bonds. The van der Waals surface area contributed by atoms with Crippen LogP contribution < -0.4 is 0 Å². The third-order valence-electron chi connectivity index (χ3n) is 3.31. The van der Waals surface area contributed by atoms with Gasteiger partial charge >= 0.3 is 17.8 Å². The van der Waals surface area contributed by atoms with Gasteiger partial charge in [0.1, 0.15) is 0 Å². The Bertz CT molecular complexity index is 290. The number of hydrogen-bond acceptors (Lipinski definition) is 5. The van der Waals surface area contributed by atoms with Gasteiger partial charge in [-0.2, -0.15) is 0 Å². The van der Waals surface area contributed by atoms with Gasteiger partial charge in [-0.3, -0.25) is 0 Å². The van der Waals surface area contributed by atoms with Gasteiger partial charge in [0.05, 0.1) is 0 Å². The Balaban J connectivity index is 1.91. The normalized spacial score (nSPS) is 38.6. The number of esters is 2. The topological polar surface area (TPSA) is 55.8 Å². The molecule has 0 saturated carbocycles. The second kappa shape index (κ2) is 2.48. The van der Waals surface area contributed by atoms with E-state index in [0.717, 1.165) is 25.9 Å². The zero-order chi connectivity index (χ0) is 9.76. The lowest BCUT2D eigenvalue weighted by atomic mass is 9.85. The molecule has 0 aromatic rings. The van der Waals surface area contributed by atoms with Gasteiger partial charge in [-0.1, -0.05) is 0 Å². The van der Waals surface area contributed by atoms with Gasteiger partial charge in [0.25, 0.3) is 0 Å². The summed E-state index contributed by atoms with van der Waals surface area (Å²) in [6.07, 6.45) is 2.86. The molecule has 0 aliphatic carbocycles. The summed E-state index contributed by atoms with van der Waals surface area (Å²) in [5.41, 5.74) is 0. The summed E-state index contributed by atoms with van der Waals surface area (Å²) in [6.45, 7) is 1.70. The molecular weight excluding hydrogens is 186 g/mol. The van der Waals surface area contributed by atoms with Crippen LogP contribution in [0, 0.1) is 5.92 Å². The standard InChI is InChI=1S/C9H11NO4/c11-7-8(12)14-9(13-7)5-6-1-3-10(9)4-2-6/h6H,1-5H2. The minimum absolute atomic E-state index is 0.527. The lowest BCUT2D eigenvalue weighted by Gasteiger charge is -2.48. The van der Waals surface area contributed by atoms with Gasteiger partial charge < -0.3 is 9.47 Å². The first-order chi connectivity index (χ1) is 6.70. The number of ether oxygens (including phenoxy) is 2. The van der Waals surface area contributed by atoms with E-state index in [1.165, 1.54) is 0 Å². The molecule has 14 heavy (non-hydrogen) atoms. The molecule has 4 aliphatic heterocycles. The zero-order valence-corrected chi connectivity index (χ0v) is 7.69. The Hall–Kier alpha value is -1.10. The Morgan fingerprint density at radius 2 is 1.71 bits per heavy atom. The van der Waals surface area contributed by atoms with E-state index in [2.05, 4.69) is 0 Å². The second-order valence-electron chi connectivity index (χ2n) is 4.13. The zero-order valence-electron chi connectivity index (χ0n) is 7.69. The van der Waals surface area contributed by atoms with Crippen LogP contribution in [0.25, 0.3) is 0 Å². The largest absolute Gasteiger partial charge is 0.421 e. The molecule has 0 unspecified atom stereocenters. The average Bonchev–Trinajstić information content (AvgIpc) is 2.43. The maximum Gasteiger partial charge on any atom is 0.421 e. The lowest BCUT2D eigenvalue weighted by Crippen LogP contribution is -2.59. The molecule has 0 aromatic heterocycles. The van der Waals surface area contributed by atoms with Crippen molar-refractivity contribution in [2.24, 2.45) is 5.92 Å². The summed E-state index contributed by atoms with van der Waals surface area (Å²) in [6, 6.07) is 0. The van der Waals surface area contributed by atoms with Gasteiger partial charge in [-0.15, -0.1) is 0 Å². The smallest absolute Gasteiger partial charge is 0.400 e. The highest BCUT2D eigenvalue weighted by Crippen LogP contribution is 2.42. The third kappa shape index (κ3) is 0.930. The van der Waals surface area contributed by atoms with Crippen molar-refractivity contribution in [1.29, 1.82) is 0 Å². The van der Waals surface area contributed by atoms with Crippen molar-refractivity contribution in [2.45, 2.75) is 25.2 Å². The number of fused-ring (bicyclic) bond motifs is 2. The highest BCUT2D eigenvalue weighted by atomic mass is 16.8. The lowest BCUT2D eigenvalue weighted by molar-refractivity contribution is -0.286. The maximum atomic E-state index is 11.0. The van der Waals surface area contributed by atoms with Crippen LogP contribution in [0.5, 0.6) is 0 Å². The van der Waals surface area contributed by atoms with E-state index in [9.17, 15) is 9.59 Å². The van der Waals surface area contributed by atoms with E-state index in [4.69, 9.17) is 9.47 Å². The van der Waals surface area contributed by atoms with Crippen LogP contribution in [-0.2, 0) is 19.1 Å². The van der Waals surface area contributed by atoms with Crippen LogP contribution in [0.15, 0.2) is 0 Å².